The first kappa shape index (κ1) is 89.1. The molecule has 0 saturated heterocycles. The van der Waals surface area contributed by atoms with Crippen molar-refractivity contribution in [1.82, 2.24) is 5.32 Å². The molecule has 6 heteroatoms. The Hall–Kier alpha value is -1.92. The van der Waals surface area contributed by atoms with E-state index >= 15 is 0 Å². The number of unbranched alkanes of at least 4 members (excludes halogenated alkanes) is 64. The monoisotopic (exact) mass is 1280 g/mol. The molecule has 1 amide bonds. The highest BCUT2D eigenvalue weighted by atomic mass is 16.5. The second kappa shape index (κ2) is 80.5. The molecule has 0 saturated carbocycles. The molecule has 0 aromatic carbocycles. The van der Waals surface area contributed by atoms with Crippen LogP contribution in [0.25, 0.3) is 0 Å². The van der Waals surface area contributed by atoms with E-state index in [1.165, 1.54) is 392 Å². The van der Waals surface area contributed by atoms with E-state index in [2.05, 4.69) is 43.5 Å². The van der Waals surface area contributed by atoms with Gasteiger partial charge in [0.05, 0.1) is 25.4 Å². The van der Waals surface area contributed by atoms with E-state index in [0.717, 1.165) is 51.4 Å². The number of aliphatic hydroxyl groups is 2. The highest BCUT2D eigenvalue weighted by Crippen LogP contribution is 2.20. The summed E-state index contributed by atoms with van der Waals surface area (Å²) in [6.45, 7) is 4.94. The maximum absolute atomic E-state index is 12.5. The third-order valence-corrected chi connectivity index (χ3v) is 19.7. The maximum Gasteiger partial charge on any atom is 0.305 e. The fraction of sp³-hybridized carbons (Fsp3) is 0.906. The number of hydrogen-bond acceptors (Lipinski definition) is 5. The quantitative estimate of drug-likeness (QED) is 0.0320. The standard InChI is InChI=1S/C85H163NO5/c1-3-5-7-9-11-13-15-17-19-21-42-45-49-53-57-61-65-69-73-77-83(88)82(81-87)86-84(89)78-74-70-66-62-58-54-50-46-43-40-38-36-34-32-30-28-26-24-23-25-27-29-31-33-35-37-39-41-44-48-52-56-60-64-68-72-76-80-91-85(90)79-75-71-67-63-59-55-51-47-22-20-18-16-14-12-10-8-6-4-2/h14,16,20,22,73,77,82-83,87-88H,3-13,15,17-19,21,23-72,74-76,78-81H2,1-2H3,(H,86,89)/b16-14-,22-20-,77-73+. The fourth-order valence-electron chi connectivity index (χ4n) is 13.3. The van der Waals surface area contributed by atoms with E-state index in [4.69, 9.17) is 4.74 Å². The van der Waals surface area contributed by atoms with Gasteiger partial charge in [-0.2, -0.15) is 0 Å². The van der Waals surface area contributed by atoms with Gasteiger partial charge in [0.1, 0.15) is 0 Å². The minimum atomic E-state index is -0.841. The van der Waals surface area contributed by atoms with Gasteiger partial charge in [0.2, 0.25) is 5.91 Å². The first-order chi connectivity index (χ1) is 45.0. The molecule has 0 radical (unpaired) electrons. The molecule has 538 valence electrons. The van der Waals surface area contributed by atoms with Crippen LogP contribution in [0.2, 0.25) is 0 Å². The summed E-state index contributed by atoms with van der Waals surface area (Å²) in [6, 6.07) is -0.624. The molecule has 91 heavy (non-hydrogen) atoms. The van der Waals surface area contributed by atoms with Crippen LogP contribution >= 0.6 is 0 Å². The van der Waals surface area contributed by atoms with Crippen molar-refractivity contribution >= 4 is 11.9 Å². The lowest BCUT2D eigenvalue weighted by Crippen LogP contribution is -2.45. The Morgan fingerprint density at radius 2 is 0.549 bits per heavy atom. The maximum atomic E-state index is 12.5. The van der Waals surface area contributed by atoms with Crippen LogP contribution in [-0.4, -0.2) is 47.4 Å². The number of carbonyl (C=O) groups excluding carboxylic acids is 2. The largest absolute Gasteiger partial charge is 0.466 e. The lowest BCUT2D eigenvalue weighted by molar-refractivity contribution is -0.143. The molecule has 0 aromatic heterocycles. The van der Waals surface area contributed by atoms with Crippen molar-refractivity contribution in [1.29, 1.82) is 0 Å². The molecule has 0 aliphatic carbocycles. The summed E-state index contributed by atoms with van der Waals surface area (Å²) in [5.41, 5.74) is 0. The smallest absolute Gasteiger partial charge is 0.305 e. The van der Waals surface area contributed by atoms with E-state index < -0.39 is 12.1 Å². The number of esters is 1. The third kappa shape index (κ3) is 77.0. The molecule has 0 aliphatic rings. The molecule has 2 atom stereocenters. The predicted octanol–water partition coefficient (Wildman–Crippen LogP) is 27.8. The van der Waals surface area contributed by atoms with E-state index in [0.29, 0.717) is 19.4 Å². The number of rotatable bonds is 79. The topological polar surface area (TPSA) is 95.9 Å². The number of allylic oxidation sites excluding steroid dienone is 5. The van der Waals surface area contributed by atoms with Crippen LogP contribution in [-0.2, 0) is 14.3 Å². The molecule has 0 rings (SSSR count). The molecule has 6 nitrogen and oxygen atoms in total. The molecular formula is C85H163NO5. The van der Waals surface area contributed by atoms with E-state index in [-0.39, 0.29) is 18.5 Å². The fourth-order valence-corrected chi connectivity index (χ4v) is 13.3. The summed E-state index contributed by atoms with van der Waals surface area (Å²) in [4.78, 5) is 24.7. The summed E-state index contributed by atoms with van der Waals surface area (Å²) in [5.74, 6) is -0.0413. The minimum Gasteiger partial charge on any atom is -0.466 e. The zero-order valence-electron chi connectivity index (χ0n) is 61.9. The third-order valence-electron chi connectivity index (χ3n) is 19.7. The van der Waals surface area contributed by atoms with Crippen molar-refractivity contribution in [2.45, 2.75) is 482 Å². The van der Waals surface area contributed by atoms with Crippen LogP contribution in [0.15, 0.2) is 36.5 Å². The number of amides is 1. The second-order valence-electron chi connectivity index (χ2n) is 28.8. The lowest BCUT2D eigenvalue weighted by Gasteiger charge is -2.20. The first-order valence-electron chi connectivity index (χ1n) is 41.8. The van der Waals surface area contributed by atoms with Gasteiger partial charge in [-0.25, -0.2) is 0 Å². The molecular weight excluding hydrogens is 1110 g/mol. The zero-order valence-corrected chi connectivity index (χ0v) is 61.9. The average molecular weight is 1280 g/mol. The van der Waals surface area contributed by atoms with Crippen LogP contribution in [0, 0.1) is 0 Å². The van der Waals surface area contributed by atoms with Crippen molar-refractivity contribution in [3.05, 3.63) is 36.5 Å². The first-order valence-corrected chi connectivity index (χ1v) is 41.8. The molecule has 0 spiro atoms. The van der Waals surface area contributed by atoms with Crippen molar-refractivity contribution in [2.75, 3.05) is 13.2 Å². The van der Waals surface area contributed by atoms with Gasteiger partial charge in [0.15, 0.2) is 0 Å². The lowest BCUT2D eigenvalue weighted by atomic mass is 10.0. The molecule has 0 aromatic rings. The Balaban J connectivity index is 3.32. The van der Waals surface area contributed by atoms with Gasteiger partial charge in [-0.15, -0.1) is 0 Å². The summed E-state index contributed by atoms with van der Waals surface area (Å²) in [7, 11) is 0. The molecule has 2 unspecified atom stereocenters. The summed E-state index contributed by atoms with van der Waals surface area (Å²) < 4.78 is 5.51. The van der Waals surface area contributed by atoms with Crippen LogP contribution in [0.1, 0.15) is 470 Å². The normalized spacial score (nSPS) is 12.6. The van der Waals surface area contributed by atoms with Gasteiger partial charge in [0, 0.05) is 12.8 Å². The summed E-state index contributed by atoms with van der Waals surface area (Å²) >= 11 is 0. The van der Waals surface area contributed by atoms with E-state index in [1.807, 2.05) is 6.08 Å². The van der Waals surface area contributed by atoms with Crippen LogP contribution < -0.4 is 5.32 Å². The minimum absolute atomic E-state index is 0.0166. The van der Waals surface area contributed by atoms with Gasteiger partial charge < -0.3 is 20.3 Å². The van der Waals surface area contributed by atoms with Gasteiger partial charge in [-0.1, -0.05) is 429 Å². The Morgan fingerprint density at radius 3 is 0.846 bits per heavy atom. The Bertz CT molecular complexity index is 1470. The van der Waals surface area contributed by atoms with Gasteiger partial charge in [-0.05, 0) is 64.2 Å². The second-order valence-corrected chi connectivity index (χ2v) is 28.8. The summed E-state index contributed by atoms with van der Waals surface area (Å²) in [6.07, 6.45) is 106. The molecule has 0 aliphatic heterocycles. The highest BCUT2D eigenvalue weighted by Gasteiger charge is 2.18. The molecule has 0 fully saturated rings. The average Bonchev–Trinajstić information content (AvgIpc) is 3.65. The Morgan fingerprint density at radius 1 is 0.308 bits per heavy atom. The van der Waals surface area contributed by atoms with Crippen LogP contribution in [0.3, 0.4) is 0 Å². The number of carbonyl (C=O) groups is 2. The Kier molecular flexibility index (Phi) is 78.8. The highest BCUT2D eigenvalue weighted by molar-refractivity contribution is 5.76. The van der Waals surface area contributed by atoms with E-state index in [1.54, 1.807) is 6.08 Å². The van der Waals surface area contributed by atoms with Crippen molar-refractivity contribution < 1.29 is 24.5 Å². The zero-order chi connectivity index (χ0) is 65.6. The molecule has 3 N–H and O–H groups in total. The number of aliphatic hydroxyl groups excluding tert-OH is 2. The van der Waals surface area contributed by atoms with Crippen molar-refractivity contribution in [3.63, 3.8) is 0 Å². The van der Waals surface area contributed by atoms with Gasteiger partial charge in [-0.3, -0.25) is 9.59 Å². The van der Waals surface area contributed by atoms with Crippen molar-refractivity contribution in [3.8, 4) is 0 Å². The molecule has 0 heterocycles. The number of ether oxygens (including phenoxy) is 1. The predicted molar refractivity (Wildman–Crippen MR) is 403 cm³/mol. The van der Waals surface area contributed by atoms with Gasteiger partial charge in [0.25, 0.3) is 0 Å². The van der Waals surface area contributed by atoms with Gasteiger partial charge >= 0.3 is 5.97 Å². The van der Waals surface area contributed by atoms with Crippen LogP contribution in [0.4, 0.5) is 0 Å². The van der Waals surface area contributed by atoms with E-state index in [9.17, 15) is 19.8 Å². The van der Waals surface area contributed by atoms with Crippen molar-refractivity contribution in [2.24, 2.45) is 0 Å². The Labute approximate surface area is 570 Å². The summed E-state index contributed by atoms with van der Waals surface area (Å²) in [5, 5.41) is 23.3. The number of hydrogen-bond donors (Lipinski definition) is 3. The van der Waals surface area contributed by atoms with Crippen LogP contribution in [0.5, 0.6) is 0 Å². The number of nitrogens with one attached hydrogen (secondary N) is 1. The molecule has 0 bridgehead atoms. The SMILES string of the molecule is CCCCCC/C=C\C/C=C\CCCCCCCCCC(=O)OCCCCCCCCCCCCCCCCCCCCCCCCCCCCCCCCCCCCCCCC(=O)NC(CO)C(O)/C=C/CCCCCCCCCCCCCCCCCCC.